The maximum atomic E-state index is 12.9. The summed E-state index contributed by atoms with van der Waals surface area (Å²) in [6.45, 7) is 8.54. The van der Waals surface area contributed by atoms with Crippen LogP contribution in [0.25, 0.3) is 0 Å². The highest BCUT2D eigenvalue weighted by Crippen LogP contribution is 2.32. The molecule has 0 fully saturated rings. The Balaban J connectivity index is 1.78. The van der Waals surface area contributed by atoms with Crippen molar-refractivity contribution in [2.75, 3.05) is 18.5 Å². The van der Waals surface area contributed by atoms with E-state index in [0.717, 1.165) is 37.7 Å². The Morgan fingerprint density at radius 1 is 0.972 bits per heavy atom. The molecule has 1 aliphatic heterocycles. The van der Waals surface area contributed by atoms with E-state index in [4.69, 9.17) is 4.74 Å². The Bertz CT molecular complexity index is 1090. The molecule has 0 bridgehead atoms. The molecule has 0 saturated carbocycles. The summed E-state index contributed by atoms with van der Waals surface area (Å²) < 4.78 is 5.32. The highest BCUT2D eigenvalue weighted by molar-refractivity contribution is 6.04. The summed E-state index contributed by atoms with van der Waals surface area (Å²) in [7, 11) is 0. The maximum absolute atomic E-state index is 12.9. The molecule has 2 aromatic carbocycles. The number of aryl methyl sites for hydroxylation is 1. The van der Waals surface area contributed by atoms with Crippen LogP contribution >= 0.6 is 0 Å². The molecule has 7 nitrogen and oxygen atoms in total. The molecule has 0 aliphatic carbocycles. The van der Waals surface area contributed by atoms with E-state index in [9.17, 15) is 14.4 Å². The summed E-state index contributed by atoms with van der Waals surface area (Å²) in [5, 5.41) is 5.87. The molecule has 0 spiro atoms. The van der Waals surface area contributed by atoms with E-state index in [2.05, 4.69) is 24.5 Å². The molecule has 36 heavy (non-hydrogen) atoms. The fraction of sp³-hybridized carbons (Fsp3) is 0.414. The van der Waals surface area contributed by atoms with E-state index in [1.165, 1.54) is 5.56 Å². The molecule has 1 unspecified atom stereocenters. The topological polar surface area (TPSA) is 87.7 Å². The number of esters is 1. The van der Waals surface area contributed by atoms with Crippen molar-refractivity contribution < 1.29 is 19.1 Å². The number of rotatable bonds is 11. The molecular formula is C29H37N3O4. The zero-order valence-corrected chi connectivity index (χ0v) is 21.7. The van der Waals surface area contributed by atoms with Crippen LogP contribution in [0, 0.1) is 0 Å². The number of nitrogens with zero attached hydrogens (tertiary/aromatic N) is 1. The van der Waals surface area contributed by atoms with Gasteiger partial charge in [-0.05, 0) is 68.5 Å². The number of allylic oxidation sites excluding steroid dienone is 1. The summed E-state index contributed by atoms with van der Waals surface area (Å²) >= 11 is 0. The standard InChI is InChI=1S/C29H37N3O4/c1-5-8-10-21-11-13-23(14-12-21)27(33)30-24-17-15-22(16-18-24)26-25(28(34)36-7-3)20(4)32(19-9-6-2)29(35)31-26/h11-18,26H,5-10,19H2,1-4H3,(H,30,33)(H,31,35). The molecule has 3 amide bonds. The molecule has 1 atom stereocenters. The zero-order valence-electron chi connectivity index (χ0n) is 21.7. The van der Waals surface area contributed by atoms with Gasteiger partial charge in [0.1, 0.15) is 0 Å². The summed E-state index contributed by atoms with van der Waals surface area (Å²) in [6.07, 6.45) is 5.04. The first-order valence-corrected chi connectivity index (χ1v) is 12.9. The van der Waals surface area contributed by atoms with Gasteiger partial charge in [0.05, 0.1) is 18.2 Å². The maximum Gasteiger partial charge on any atom is 0.338 e. The molecule has 2 aromatic rings. The first kappa shape index (κ1) is 27.0. The van der Waals surface area contributed by atoms with Crippen molar-refractivity contribution in [3.8, 4) is 0 Å². The number of urea groups is 1. The van der Waals surface area contributed by atoms with Crippen LogP contribution in [0.5, 0.6) is 0 Å². The second kappa shape index (κ2) is 12.9. The Hall–Kier alpha value is -3.61. The second-order valence-electron chi connectivity index (χ2n) is 8.98. The molecule has 0 aromatic heterocycles. The minimum atomic E-state index is -0.630. The van der Waals surface area contributed by atoms with Gasteiger partial charge in [0.2, 0.25) is 0 Å². The molecule has 1 heterocycles. The van der Waals surface area contributed by atoms with E-state index in [1.807, 2.05) is 36.4 Å². The Morgan fingerprint density at radius 3 is 2.25 bits per heavy atom. The zero-order chi connectivity index (χ0) is 26.1. The van der Waals surface area contributed by atoms with Crippen molar-refractivity contribution >= 4 is 23.6 Å². The van der Waals surface area contributed by atoms with Crippen LogP contribution in [-0.2, 0) is 16.0 Å². The minimum absolute atomic E-state index is 0.190. The van der Waals surface area contributed by atoms with Crippen LogP contribution in [-0.4, -0.2) is 36.0 Å². The van der Waals surface area contributed by atoms with E-state index in [1.54, 1.807) is 30.9 Å². The highest BCUT2D eigenvalue weighted by Gasteiger charge is 2.36. The average molecular weight is 492 g/mol. The van der Waals surface area contributed by atoms with Gasteiger partial charge in [0.15, 0.2) is 0 Å². The van der Waals surface area contributed by atoms with Gasteiger partial charge in [-0.3, -0.25) is 9.69 Å². The smallest absolute Gasteiger partial charge is 0.338 e. The first-order valence-electron chi connectivity index (χ1n) is 12.9. The molecular weight excluding hydrogens is 454 g/mol. The van der Waals surface area contributed by atoms with Crippen LogP contribution in [0.1, 0.15) is 80.9 Å². The van der Waals surface area contributed by atoms with E-state index in [0.29, 0.717) is 29.1 Å². The van der Waals surface area contributed by atoms with Gasteiger partial charge in [-0.2, -0.15) is 0 Å². The molecule has 2 N–H and O–H groups in total. The summed E-state index contributed by atoms with van der Waals surface area (Å²) in [4.78, 5) is 40.0. The molecule has 3 rings (SSSR count). The number of unbranched alkanes of at least 4 members (excludes halogenated alkanes) is 2. The van der Waals surface area contributed by atoms with E-state index < -0.39 is 12.0 Å². The fourth-order valence-corrected chi connectivity index (χ4v) is 4.26. The number of nitrogens with one attached hydrogen (secondary N) is 2. The van der Waals surface area contributed by atoms with Crippen molar-refractivity contribution in [1.29, 1.82) is 0 Å². The number of carbonyl (C=O) groups is 3. The number of ether oxygens (including phenoxy) is 1. The average Bonchev–Trinajstić information content (AvgIpc) is 2.88. The lowest BCUT2D eigenvalue weighted by atomic mass is 9.94. The van der Waals surface area contributed by atoms with Gasteiger partial charge >= 0.3 is 12.0 Å². The van der Waals surface area contributed by atoms with Crippen LogP contribution < -0.4 is 10.6 Å². The predicted molar refractivity (Wildman–Crippen MR) is 142 cm³/mol. The molecule has 1 aliphatic rings. The van der Waals surface area contributed by atoms with Crippen LogP contribution in [0.3, 0.4) is 0 Å². The monoisotopic (exact) mass is 491 g/mol. The number of amides is 3. The number of carbonyl (C=O) groups excluding carboxylic acids is 3. The van der Waals surface area contributed by atoms with Crippen LogP contribution in [0.15, 0.2) is 59.8 Å². The molecule has 0 saturated heterocycles. The predicted octanol–water partition coefficient (Wildman–Crippen LogP) is 5.99. The first-order chi connectivity index (χ1) is 17.4. The number of hydrogen-bond donors (Lipinski definition) is 2. The van der Waals surface area contributed by atoms with E-state index >= 15 is 0 Å². The highest BCUT2D eigenvalue weighted by atomic mass is 16.5. The van der Waals surface area contributed by atoms with Crippen molar-refractivity contribution in [1.82, 2.24) is 10.2 Å². The Morgan fingerprint density at radius 2 is 1.64 bits per heavy atom. The van der Waals surface area contributed by atoms with Gasteiger partial charge in [0, 0.05) is 23.5 Å². The lowest BCUT2D eigenvalue weighted by Crippen LogP contribution is -2.48. The molecule has 7 heteroatoms. The third kappa shape index (κ3) is 6.53. The summed E-state index contributed by atoms with van der Waals surface area (Å²) in [5.41, 5.74) is 4.21. The quantitative estimate of drug-likeness (QED) is 0.378. The van der Waals surface area contributed by atoms with Crippen LogP contribution in [0.2, 0.25) is 0 Å². The lowest BCUT2D eigenvalue weighted by molar-refractivity contribution is -0.139. The summed E-state index contributed by atoms with van der Waals surface area (Å²) in [5.74, 6) is -0.633. The van der Waals surface area contributed by atoms with Gasteiger partial charge in [-0.1, -0.05) is 51.0 Å². The van der Waals surface area contributed by atoms with Crippen LogP contribution in [0.4, 0.5) is 10.5 Å². The SMILES string of the molecule is CCCCc1ccc(C(=O)Nc2ccc(C3NC(=O)N(CCCC)C(C)=C3C(=O)OCC)cc2)cc1. The lowest BCUT2D eigenvalue weighted by Gasteiger charge is -2.35. The number of hydrogen-bond acceptors (Lipinski definition) is 4. The number of anilines is 1. The van der Waals surface area contributed by atoms with Crippen molar-refractivity contribution in [2.45, 2.75) is 65.8 Å². The van der Waals surface area contributed by atoms with Gasteiger partial charge < -0.3 is 15.4 Å². The normalized spacial score (nSPS) is 15.5. The molecule has 192 valence electrons. The van der Waals surface area contributed by atoms with Crippen molar-refractivity contribution in [3.05, 3.63) is 76.5 Å². The minimum Gasteiger partial charge on any atom is -0.463 e. The second-order valence-corrected chi connectivity index (χ2v) is 8.98. The third-order valence-electron chi connectivity index (χ3n) is 6.36. The van der Waals surface area contributed by atoms with Crippen molar-refractivity contribution in [3.63, 3.8) is 0 Å². The van der Waals surface area contributed by atoms with E-state index in [-0.39, 0.29) is 18.5 Å². The van der Waals surface area contributed by atoms with Gasteiger partial charge in [0.25, 0.3) is 5.91 Å². The summed E-state index contributed by atoms with van der Waals surface area (Å²) in [6, 6.07) is 14.0. The van der Waals surface area contributed by atoms with Crippen molar-refractivity contribution in [2.24, 2.45) is 0 Å². The number of benzene rings is 2. The fourth-order valence-electron chi connectivity index (χ4n) is 4.26. The Labute approximate surface area is 213 Å². The van der Waals surface area contributed by atoms with Gasteiger partial charge in [-0.15, -0.1) is 0 Å². The Kier molecular flexibility index (Phi) is 9.68. The van der Waals surface area contributed by atoms with Gasteiger partial charge in [-0.25, -0.2) is 9.59 Å². The third-order valence-corrected chi connectivity index (χ3v) is 6.36. The largest absolute Gasteiger partial charge is 0.463 e. The molecule has 0 radical (unpaired) electrons.